The van der Waals surface area contributed by atoms with Crippen molar-refractivity contribution >= 4 is 11.9 Å². The fourth-order valence-electron chi connectivity index (χ4n) is 4.89. The number of carbonyl (C=O) groups excluding carboxylic acids is 1. The SMILES string of the molecule is C[C@H](C(=O)N1C[C@H]2[C@@H]([C@H]1C(=O)O)C2(C)C)C1CCCCC1. The number of hydrogen-bond donors (Lipinski definition) is 1. The topological polar surface area (TPSA) is 57.6 Å². The zero-order valence-electron chi connectivity index (χ0n) is 13.3. The molecule has 1 N–H and O–H groups in total. The predicted molar refractivity (Wildman–Crippen MR) is 79.6 cm³/mol. The lowest BCUT2D eigenvalue weighted by atomic mass is 9.80. The zero-order valence-corrected chi connectivity index (χ0v) is 13.3. The third-order valence-electron chi connectivity index (χ3n) is 6.49. The fraction of sp³-hybridized carbons (Fsp3) is 0.882. The number of fused-ring (bicyclic) bond motifs is 1. The summed E-state index contributed by atoms with van der Waals surface area (Å²) in [5.74, 6) is 0.214. The van der Waals surface area contributed by atoms with Crippen molar-refractivity contribution < 1.29 is 14.7 Å². The minimum Gasteiger partial charge on any atom is -0.480 e. The Hall–Kier alpha value is -1.06. The molecule has 1 amide bonds. The highest BCUT2D eigenvalue weighted by Crippen LogP contribution is 2.65. The van der Waals surface area contributed by atoms with Gasteiger partial charge in [-0.1, -0.05) is 40.0 Å². The number of aliphatic carboxylic acids is 1. The zero-order chi connectivity index (χ0) is 15.4. The number of likely N-dealkylation sites (tertiary alicyclic amines) is 1. The molecule has 0 aromatic rings. The van der Waals surface area contributed by atoms with Gasteiger partial charge in [0.15, 0.2) is 0 Å². The van der Waals surface area contributed by atoms with Crippen molar-refractivity contribution in [2.75, 3.05) is 6.54 Å². The van der Waals surface area contributed by atoms with Gasteiger partial charge in [0.25, 0.3) is 0 Å². The summed E-state index contributed by atoms with van der Waals surface area (Å²) in [5, 5.41) is 9.56. The molecule has 1 heterocycles. The second kappa shape index (κ2) is 4.99. The Labute approximate surface area is 126 Å². The summed E-state index contributed by atoms with van der Waals surface area (Å²) < 4.78 is 0. The Bertz CT molecular complexity index is 453. The largest absolute Gasteiger partial charge is 0.480 e. The summed E-state index contributed by atoms with van der Waals surface area (Å²) in [4.78, 5) is 26.1. The molecule has 3 rings (SSSR count). The maximum atomic E-state index is 12.8. The van der Waals surface area contributed by atoms with Gasteiger partial charge in [0.05, 0.1) is 0 Å². The van der Waals surface area contributed by atoms with Crippen LogP contribution >= 0.6 is 0 Å². The first kappa shape index (κ1) is 14.9. The van der Waals surface area contributed by atoms with Crippen LogP contribution in [0.4, 0.5) is 0 Å². The molecule has 3 aliphatic rings. The number of rotatable bonds is 3. The standard InChI is InChI=1S/C17H27NO3/c1-10(11-7-5-4-6-8-11)15(19)18-9-12-13(17(12,2)3)14(18)16(20)21/h10-14H,4-9H2,1-3H3,(H,20,21)/t10-,12-,13-,14-/m0/s1. The van der Waals surface area contributed by atoms with E-state index in [1.54, 1.807) is 4.90 Å². The van der Waals surface area contributed by atoms with E-state index >= 15 is 0 Å². The smallest absolute Gasteiger partial charge is 0.326 e. The molecule has 4 heteroatoms. The molecule has 4 nitrogen and oxygen atoms in total. The minimum absolute atomic E-state index is 0.0206. The Morgan fingerprint density at radius 1 is 1.19 bits per heavy atom. The summed E-state index contributed by atoms with van der Waals surface area (Å²) in [6.45, 7) is 6.91. The van der Waals surface area contributed by atoms with Crippen LogP contribution < -0.4 is 0 Å². The van der Waals surface area contributed by atoms with E-state index in [1.807, 2.05) is 6.92 Å². The molecule has 1 saturated heterocycles. The highest BCUT2D eigenvalue weighted by atomic mass is 16.4. The number of amides is 1. The lowest BCUT2D eigenvalue weighted by molar-refractivity contribution is -0.152. The van der Waals surface area contributed by atoms with E-state index in [0.717, 1.165) is 12.8 Å². The second-order valence-corrected chi connectivity index (χ2v) is 7.91. The van der Waals surface area contributed by atoms with Crippen LogP contribution in [0.3, 0.4) is 0 Å². The molecule has 4 atom stereocenters. The number of piperidine rings is 1. The molecule has 0 unspecified atom stereocenters. The molecule has 2 saturated carbocycles. The van der Waals surface area contributed by atoms with E-state index in [0.29, 0.717) is 18.4 Å². The van der Waals surface area contributed by atoms with Gasteiger partial charge >= 0.3 is 5.97 Å². The van der Waals surface area contributed by atoms with Crippen molar-refractivity contribution in [2.45, 2.75) is 58.9 Å². The van der Waals surface area contributed by atoms with Gasteiger partial charge in [-0.15, -0.1) is 0 Å². The van der Waals surface area contributed by atoms with E-state index in [2.05, 4.69) is 13.8 Å². The van der Waals surface area contributed by atoms with Crippen LogP contribution in [0.5, 0.6) is 0 Å². The first-order chi connectivity index (χ1) is 9.85. The molecule has 0 aromatic heterocycles. The van der Waals surface area contributed by atoms with Crippen molar-refractivity contribution in [2.24, 2.45) is 29.1 Å². The molecular formula is C17H27NO3. The van der Waals surface area contributed by atoms with E-state index in [4.69, 9.17) is 0 Å². The van der Waals surface area contributed by atoms with Gasteiger partial charge in [-0.05, 0) is 30.1 Å². The Morgan fingerprint density at radius 2 is 1.81 bits per heavy atom. The van der Waals surface area contributed by atoms with Crippen LogP contribution in [0, 0.1) is 29.1 Å². The van der Waals surface area contributed by atoms with Crippen molar-refractivity contribution in [3.8, 4) is 0 Å². The molecule has 0 radical (unpaired) electrons. The lowest BCUT2D eigenvalue weighted by Gasteiger charge is -2.34. The summed E-state index contributed by atoms with van der Waals surface area (Å²) in [7, 11) is 0. The van der Waals surface area contributed by atoms with Crippen LogP contribution in [-0.4, -0.2) is 34.5 Å². The Balaban J connectivity index is 1.71. The van der Waals surface area contributed by atoms with E-state index in [9.17, 15) is 14.7 Å². The first-order valence-corrected chi connectivity index (χ1v) is 8.39. The normalized spacial score (nSPS) is 36.1. The van der Waals surface area contributed by atoms with Gasteiger partial charge in [-0.25, -0.2) is 4.79 Å². The van der Waals surface area contributed by atoms with E-state index < -0.39 is 12.0 Å². The van der Waals surface area contributed by atoms with Crippen LogP contribution in [0.1, 0.15) is 52.9 Å². The number of nitrogens with zero attached hydrogens (tertiary/aromatic N) is 1. The molecule has 0 bridgehead atoms. The summed E-state index contributed by atoms with van der Waals surface area (Å²) in [6.07, 6.45) is 5.94. The molecule has 118 valence electrons. The van der Waals surface area contributed by atoms with Gasteiger partial charge in [0.2, 0.25) is 5.91 Å². The molecule has 0 spiro atoms. The molecule has 0 aromatic carbocycles. The van der Waals surface area contributed by atoms with Gasteiger partial charge in [0, 0.05) is 18.4 Å². The maximum Gasteiger partial charge on any atom is 0.326 e. The van der Waals surface area contributed by atoms with Crippen LogP contribution in [-0.2, 0) is 9.59 Å². The Kier molecular flexibility index (Phi) is 3.53. The molecule has 1 aliphatic heterocycles. The molecule has 3 fully saturated rings. The predicted octanol–water partition coefficient (Wildman–Crippen LogP) is 2.77. The highest BCUT2D eigenvalue weighted by molar-refractivity contribution is 5.87. The minimum atomic E-state index is -0.822. The van der Waals surface area contributed by atoms with Gasteiger partial charge in [0.1, 0.15) is 6.04 Å². The van der Waals surface area contributed by atoms with Crippen molar-refractivity contribution in [3.05, 3.63) is 0 Å². The van der Waals surface area contributed by atoms with Crippen molar-refractivity contribution in [1.82, 2.24) is 4.90 Å². The van der Waals surface area contributed by atoms with E-state index in [-0.39, 0.29) is 23.2 Å². The van der Waals surface area contributed by atoms with Gasteiger partial charge in [-0.2, -0.15) is 0 Å². The van der Waals surface area contributed by atoms with Crippen LogP contribution in [0.25, 0.3) is 0 Å². The number of carboxylic acid groups (broad SMARTS) is 1. The summed E-state index contributed by atoms with van der Waals surface area (Å²) in [5.41, 5.74) is 0.0912. The van der Waals surface area contributed by atoms with Gasteiger partial charge < -0.3 is 10.0 Å². The van der Waals surface area contributed by atoms with E-state index in [1.165, 1.54) is 19.3 Å². The second-order valence-electron chi connectivity index (χ2n) is 7.91. The third kappa shape index (κ3) is 2.27. The number of hydrogen-bond acceptors (Lipinski definition) is 2. The van der Waals surface area contributed by atoms with Gasteiger partial charge in [-0.3, -0.25) is 4.79 Å². The number of carboxylic acids is 1. The first-order valence-electron chi connectivity index (χ1n) is 8.39. The molecular weight excluding hydrogens is 266 g/mol. The average molecular weight is 293 g/mol. The molecule has 2 aliphatic carbocycles. The van der Waals surface area contributed by atoms with Crippen molar-refractivity contribution in [3.63, 3.8) is 0 Å². The maximum absolute atomic E-state index is 12.8. The Morgan fingerprint density at radius 3 is 2.38 bits per heavy atom. The fourth-order valence-corrected chi connectivity index (χ4v) is 4.89. The van der Waals surface area contributed by atoms with Crippen LogP contribution in [0.15, 0.2) is 0 Å². The van der Waals surface area contributed by atoms with Crippen molar-refractivity contribution in [1.29, 1.82) is 0 Å². The summed E-state index contributed by atoms with van der Waals surface area (Å²) in [6, 6.07) is -0.594. The average Bonchev–Trinajstić information content (AvgIpc) is 2.85. The number of carbonyl (C=O) groups is 2. The molecule has 21 heavy (non-hydrogen) atoms. The summed E-state index contributed by atoms with van der Waals surface area (Å²) >= 11 is 0. The highest BCUT2D eigenvalue weighted by Gasteiger charge is 2.69. The lowest BCUT2D eigenvalue weighted by Crippen LogP contribution is -2.48. The van der Waals surface area contributed by atoms with Crippen LogP contribution in [0.2, 0.25) is 0 Å². The quantitative estimate of drug-likeness (QED) is 0.870. The third-order valence-corrected chi connectivity index (χ3v) is 6.49. The monoisotopic (exact) mass is 293 g/mol.